The van der Waals surface area contributed by atoms with Gasteiger partial charge in [-0.15, -0.1) is 23.1 Å². The fourth-order valence-corrected chi connectivity index (χ4v) is 3.12. The highest BCUT2D eigenvalue weighted by Gasteiger charge is 2.08. The van der Waals surface area contributed by atoms with Crippen molar-refractivity contribution >= 4 is 29.0 Å². The Balaban J connectivity index is 1.79. The molecule has 0 saturated carbocycles. The van der Waals surface area contributed by atoms with Gasteiger partial charge in [-0.25, -0.2) is 4.98 Å². The summed E-state index contributed by atoms with van der Waals surface area (Å²) in [5.74, 6) is 2.06. The van der Waals surface area contributed by atoms with Crippen LogP contribution in [-0.2, 0) is 10.5 Å². The number of hydrogen-bond acceptors (Lipinski definition) is 5. The number of amides is 1. The Labute approximate surface area is 120 Å². The molecule has 0 aliphatic carbocycles. The SMILES string of the molecule is CC(C)NC(=O)CSCc1csc(-c2ccco2)n1. The number of thiazole rings is 1. The van der Waals surface area contributed by atoms with Crippen LogP contribution < -0.4 is 5.32 Å². The lowest BCUT2D eigenvalue weighted by molar-refractivity contribution is -0.119. The molecule has 0 atom stereocenters. The molecule has 0 saturated heterocycles. The van der Waals surface area contributed by atoms with Crippen LogP contribution in [-0.4, -0.2) is 22.7 Å². The first kappa shape index (κ1) is 14.1. The van der Waals surface area contributed by atoms with Crippen LogP contribution in [0.25, 0.3) is 10.8 Å². The summed E-state index contributed by atoms with van der Waals surface area (Å²) in [4.78, 5) is 16.0. The fourth-order valence-electron chi connectivity index (χ4n) is 1.50. The highest BCUT2D eigenvalue weighted by Crippen LogP contribution is 2.25. The molecule has 2 aromatic rings. The molecule has 2 aromatic heterocycles. The van der Waals surface area contributed by atoms with E-state index in [0.717, 1.165) is 22.2 Å². The van der Waals surface area contributed by atoms with Crippen molar-refractivity contribution in [3.05, 3.63) is 29.5 Å². The second-order valence-electron chi connectivity index (χ2n) is 4.34. The Bertz CT molecular complexity index is 520. The first-order valence-electron chi connectivity index (χ1n) is 6.00. The lowest BCUT2D eigenvalue weighted by Crippen LogP contribution is -2.31. The summed E-state index contributed by atoms with van der Waals surface area (Å²) in [6.07, 6.45) is 1.64. The Hall–Kier alpha value is -1.27. The molecule has 0 radical (unpaired) electrons. The molecule has 0 bridgehead atoms. The normalized spacial score (nSPS) is 10.9. The van der Waals surface area contributed by atoms with E-state index in [1.807, 2.05) is 31.4 Å². The fraction of sp³-hybridized carbons (Fsp3) is 0.385. The van der Waals surface area contributed by atoms with Crippen molar-refractivity contribution < 1.29 is 9.21 Å². The van der Waals surface area contributed by atoms with Gasteiger partial charge in [0.1, 0.15) is 0 Å². The largest absolute Gasteiger partial charge is 0.462 e. The number of furan rings is 1. The third kappa shape index (κ3) is 4.40. The number of aromatic nitrogens is 1. The highest BCUT2D eigenvalue weighted by atomic mass is 32.2. The lowest BCUT2D eigenvalue weighted by atomic mass is 10.4. The van der Waals surface area contributed by atoms with Crippen LogP contribution in [0.5, 0.6) is 0 Å². The molecule has 1 N–H and O–H groups in total. The van der Waals surface area contributed by atoms with Crippen molar-refractivity contribution in [2.75, 3.05) is 5.75 Å². The van der Waals surface area contributed by atoms with Crippen molar-refractivity contribution in [3.8, 4) is 10.8 Å². The molecule has 19 heavy (non-hydrogen) atoms. The second-order valence-corrected chi connectivity index (χ2v) is 6.18. The topological polar surface area (TPSA) is 55.1 Å². The Morgan fingerprint density at radius 3 is 3.11 bits per heavy atom. The van der Waals surface area contributed by atoms with Crippen LogP contribution in [0.4, 0.5) is 0 Å². The van der Waals surface area contributed by atoms with Gasteiger partial charge in [0.05, 0.1) is 17.7 Å². The summed E-state index contributed by atoms with van der Waals surface area (Å²) >= 11 is 3.13. The van der Waals surface area contributed by atoms with Crippen molar-refractivity contribution in [1.82, 2.24) is 10.3 Å². The molecule has 0 aromatic carbocycles. The van der Waals surface area contributed by atoms with Gasteiger partial charge in [0.15, 0.2) is 10.8 Å². The standard InChI is InChI=1S/C13H16N2O2S2/c1-9(2)14-12(16)8-18-6-10-7-19-13(15-10)11-4-3-5-17-11/h3-5,7,9H,6,8H2,1-2H3,(H,14,16). The van der Waals surface area contributed by atoms with Crippen molar-refractivity contribution in [1.29, 1.82) is 0 Å². The number of hydrogen-bond donors (Lipinski definition) is 1. The smallest absolute Gasteiger partial charge is 0.230 e. The molecule has 2 heterocycles. The van der Waals surface area contributed by atoms with Gasteiger partial charge in [0, 0.05) is 17.2 Å². The molecule has 0 fully saturated rings. The van der Waals surface area contributed by atoms with E-state index in [-0.39, 0.29) is 11.9 Å². The predicted octanol–water partition coefficient (Wildman–Crippen LogP) is 3.16. The molecule has 0 spiro atoms. The van der Waals surface area contributed by atoms with Gasteiger partial charge in [-0.2, -0.15) is 0 Å². The molecule has 0 unspecified atom stereocenters. The van der Waals surface area contributed by atoms with E-state index in [2.05, 4.69) is 10.3 Å². The van der Waals surface area contributed by atoms with E-state index < -0.39 is 0 Å². The van der Waals surface area contributed by atoms with Crippen LogP contribution in [0.3, 0.4) is 0 Å². The van der Waals surface area contributed by atoms with Crippen LogP contribution in [0.2, 0.25) is 0 Å². The van der Waals surface area contributed by atoms with Gasteiger partial charge < -0.3 is 9.73 Å². The second kappa shape index (κ2) is 6.77. The molecular formula is C13H16N2O2S2. The zero-order valence-electron chi connectivity index (χ0n) is 10.9. The van der Waals surface area contributed by atoms with Crippen LogP contribution in [0.1, 0.15) is 19.5 Å². The number of carbonyl (C=O) groups is 1. The summed E-state index contributed by atoms with van der Waals surface area (Å²) < 4.78 is 5.30. The monoisotopic (exact) mass is 296 g/mol. The van der Waals surface area contributed by atoms with E-state index in [9.17, 15) is 4.79 Å². The van der Waals surface area contributed by atoms with Gasteiger partial charge in [-0.1, -0.05) is 0 Å². The third-order valence-corrected chi connectivity index (χ3v) is 4.09. The van der Waals surface area contributed by atoms with Crippen LogP contribution in [0.15, 0.2) is 28.2 Å². The maximum atomic E-state index is 11.5. The number of nitrogens with zero attached hydrogens (tertiary/aromatic N) is 1. The molecule has 6 heteroatoms. The summed E-state index contributed by atoms with van der Waals surface area (Å²) in [6.45, 7) is 3.91. The van der Waals surface area contributed by atoms with Crippen molar-refractivity contribution in [3.63, 3.8) is 0 Å². The van der Waals surface area contributed by atoms with Gasteiger partial charge in [0.25, 0.3) is 0 Å². The molecule has 0 aliphatic heterocycles. The first-order chi connectivity index (χ1) is 9.15. The summed E-state index contributed by atoms with van der Waals surface area (Å²) in [6, 6.07) is 3.94. The minimum Gasteiger partial charge on any atom is -0.462 e. The molecular weight excluding hydrogens is 280 g/mol. The summed E-state index contributed by atoms with van der Waals surface area (Å²) in [5, 5.41) is 5.75. The van der Waals surface area contributed by atoms with Gasteiger partial charge >= 0.3 is 0 Å². The van der Waals surface area contributed by atoms with E-state index in [1.165, 1.54) is 0 Å². The van der Waals surface area contributed by atoms with E-state index in [0.29, 0.717) is 5.75 Å². The Morgan fingerprint density at radius 1 is 1.58 bits per heavy atom. The van der Waals surface area contributed by atoms with E-state index >= 15 is 0 Å². The minimum atomic E-state index is 0.0708. The summed E-state index contributed by atoms with van der Waals surface area (Å²) in [7, 11) is 0. The Morgan fingerprint density at radius 2 is 2.42 bits per heavy atom. The number of carbonyl (C=O) groups excluding carboxylic acids is 1. The van der Waals surface area contributed by atoms with Crippen LogP contribution >= 0.6 is 23.1 Å². The van der Waals surface area contributed by atoms with Crippen molar-refractivity contribution in [2.24, 2.45) is 0 Å². The summed E-state index contributed by atoms with van der Waals surface area (Å²) in [5.41, 5.74) is 0.985. The average molecular weight is 296 g/mol. The maximum absolute atomic E-state index is 11.5. The number of rotatable bonds is 6. The number of thioether (sulfide) groups is 1. The Kier molecular flexibility index (Phi) is 5.04. The third-order valence-electron chi connectivity index (χ3n) is 2.22. The first-order valence-corrected chi connectivity index (χ1v) is 8.04. The molecule has 0 aliphatic rings. The van der Waals surface area contributed by atoms with E-state index in [4.69, 9.17) is 4.42 Å². The van der Waals surface area contributed by atoms with Crippen molar-refractivity contribution in [2.45, 2.75) is 25.6 Å². The minimum absolute atomic E-state index is 0.0708. The van der Waals surface area contributed by atoms with Gasteiger partial charge in [-0.05, 0) is 26.0 Å². The predicted molar refractivity (Wildman–Crippen MR) is 79.3 cm³/mol. The molecule has 2 rings (SSSR count). The van der Waals surface area contributed by atoms with Gasteiger partial charge in [-0.3, -0.25) is 4.79 Å². The zero-order valence-corrected chi connectivity index (χ0v) is 12.5. The molecule has 102 valence electrons. The highest BCUT2D eigenvalue weighted by molar-refractivity contribution is 7.99. The maximum Gasteiger partial charge on any atom is 0.230 e. The number of nitrogens with one attached hydrogen (secondary N) is 1. The lowest BCUT2D eigenvalue weighted by Gasteiger charge is -2.07. The quantitative estimate of drug-likeness (QED) is 0.889. The molecule has 4 nitrogen and oxygen atoms in total. The zero-order chi connectivity index (χ0) is 13.7. The molecule has 1 amide bonds. The average Bonchev–Trinajstić information content (AvgIpc) is 2.97. The van der Waals surface area contributed by atoms with Gasteiger partial charge in [0.2, 0.25) is 5.91 Å². The van der Waals surface area contributed by atoms with E-state index in [1.54, 1.807) is 29.4 Å². The van der Waals surface area contributed by atoms with Crippen LogP contribution in [0, 0.1) is 0 Å².